The predicted octanol–water partition coefficient (Wildman–Crippen LogP) is 3.58. The summed E-state index contributed by atoms with van der Waals surface area (Å²) in [6.45, 7) is 3.56. The zero-order chi connectivity index (χ0) is 18.1. The molecule has 3 rings (SSSR count). The molecule has 1 amide bonds. The molecule has 1 aliphatic heterocycles. The molecule has 5 nitrogen and oxygen atoms in total. The van der Waals surface area contributed by atoms with Gasteiger partial charge in [-0.3, -0.25) is 14.5 Å². The number of carbonyl (C=O) groups is 2. The molecule has 0 saturated carbocycles. The van der Waals surface area contributed by atoms with Crippen LogP contribution in [0, 0.1) is 6.92 Å². The molecule has 2 aromatic rings. The standard InChI is InChI=1S/C20H19NO4/c1-3-16(23)17-18(13-8-10-14(22)11-9-13)21(20(25)19(17)24)15-7-5-4-6-12(15)2/h4-11,18,22,24H,3H2,1-2H3. The van der Waals surface area contributed by atoms with E-state index in [0.29, 0.717) is 11.3 Å². The van der Waals surface area contributed by atoms with Crippen molar-refractivity contribution < 1.29 is 19.8 Å². The van der Waals surface area contributed by atoms with Crippen molar-refractivity contribution in [3.63, 3.8) is 0 Å². The van der Waals surface area contributed by atoms with Gasteiger partial charge in [0.1, 0.15) is 5.75 Å². The van der Waals surface area contributed by atoms with E-state index in [1.54, 1.807) is 31.2 Å². The number of hydrogen-bond donors (Lipinski definition) is 2. The maximum atomic E-state index is 12.8. The third-order valence-electron chi connectivity index (χ3n) is 4.41. The van der Waals surface area contributed by atoms with Crippen molar-refractivity contribution in [3.05, 3.63) is 71.0 Å². The minimum atomic E-state index is -0.721. The minimum Gasteiger partial charge on any atom is -0.508 e. The topological polar surface area (TPSA) is 77.8 Å². The summed E-state index contributed by atoms with van der Waals surface area (Å²) < 4.78 is 0. The zero-order valence-electron chi connectivity index (χ0n) is 14.1. The number of anilines is 1. The molecule has 2 N–H and O–H groups in total. The molecule has 0 aromatic heterocycles. The van der Waals surface area contributed by atoms with E-state index in [1.165, 1.54) is 17.0 Å². The number of ketones is 1. The van der Waals surface area contributed by atoms with Crippen molar-refractivity contribution in [3.8, 4) is 5.75 Å². The highest BCUT2D eigenvalue weighted by Crippen LogP contribution is 2.42. The third kappa shape index (κ3) is 2.78. The third-order valence-corrected chi connectivity index (χ3v) is 4.41. The predicted molar refractivity (Wildman–Crippen MR) is 94.5 cm³/mol. The summed E-state index contributed by atoms with van der Waals surface area (Å²) in [5, 5.41) is 19.9. The first-order valence-electron chi connectivity index (χ1n) is 8.10. The number of rotatable bonds is 4. The number of aliphatic hydroxyl groups excluding tert-OH is 1. The van der Waals surface area contributed by atoms with E-state index in [0.717, 1.165) is 5.56 Å². The molecule has 1 atom stereocenters. The Kier molecular flexibility index (Phi) is 4.31. The highest BCUT2D eigenvalue weighted by Gasteiger charge is 2.44. The number of nitrogens with zero attached hydrogens (tertiary/aromatic N) is 1. The summed E-state index contributed by atoms with van der Waals surface area (Å²) in [6.07, 6.45) is 0.183. The monoisotopic (exact) mass is 337 g/mol. The second-order valence-electron chi connectivity index (χ2n) is 5.99. The van der Waals surface area contributed by atoms with Crippen LogP contribution in [0.25, 0.3) is 0 Å². The van der Waals surface area contributed by atoms with Crippen LogP contribution in [0.15, 0.2) is 59.9 Å². The van der Waals surface area contributed by atoms with E-state index < -0.39 is 17.7 Å². The Labute approximate surface area is 145 Å². The first kappa shape index (κ1) is 16.8. The van der Waals surface area contributed by atoms with Crippen LogP contribution < -0.4 is 4.90 Å². The van der Waals surface area contributed by atoms with E-state index >= 15 is 0 Å². The normalized spacial score (nSPS) is 17.3. The van der Waals surface area contributed by atoms with Crippen molar-refractivity contribution in [2.24, 2.45) is 0 Å². The summed E-state index contributed by atoms with van der Waals surface area (Å²) in [4.78, 5) is 26.6. The molecule has 1 unspecified atom stereocenters. The largest absolute Gasteiger partial charge is 0.508 e. The number of benzene rings is 2. The Morgan fingerprint density at radius 1 is 1.08 bits per heavy atom. The lowest BCUT2D eigenvalue weighted by atomic mass is 9.94. The molecular weight excluding hydrogens is 318 g/mol. The molecule has 0 fully saturated rings. The van der Waals surface area contributed by atoms with Crippen LogP contribution in [0.5, 0.6) is 5.75 Å². The lowest BCUT2D eigenvalue weighted by Crippen LogP contribution is -2.31. The number of Topliss-reactive ketones (excluding diaryl/α,β-unsaturated/α-hetero) is 1. The van der Waals surface area contributed by atoms with Crippen molar-refractivity contribution in [1.29, 1.82) is 0 Å². The molecule has 0 aliphatic carbocycles. The van der Waals surface area contributed by atoms with Gasteiger partial charge in [-0.15, -0.1) is 0 Å². The van der Waals surface area contributed by atoms with Gasteiger partial charge in [0.25, 0.3) is 5.91 Å². The van der Waals surface area contributed by atoms with Gasteiger partial charge in [0.2, 0.25) is 0 Å². The highest BCUT2D eigenvalue weighted by atomic mass is 16.3. The molecule has 1 aliphatic rings. The zero-order valence-corrected chi connectivity index (χ0v) is 14.1. The van der Waals surface area contributed by atoms with Crippen molar-refractivity contribution in [2.45, 2.75) is 26.3 Å². The first-order valence-corrected chi connectivity index (χ1v) is 8.10. The first-order chi connectivity index (χ1) is 12.0. The molecule has 25 heavy (non-hydrogen) atoms. The number of phenols is 1. The Morgan fingerprint density at radius 2 is 1.72 bits per heavy atom. The van der Waals surface area contributed by atoms with Gasteiger partial charge in [-0.2, -0.15) is 0 Å². The van der Waals surface area contributed by atoms with Gasteiger partial charge in [-0.25, -0.2) is 0 Å². The fraction of sp³-hybridized carbons (Fsp3) is 0.200. The molecule has 128 valence electrons. The lowest BCUT2D eigenvalue weighted by Gasteiger charge is -2.28. The number of hydrogen-bond acceptors (Lipinski definition) is 4. The minimum absolute atomic E-state index is 0.0899. The van der Waals surface area contributed by atoms with Crippen LogP contribution in [-0.4, -0.2) is 21.9 Å². The number of phenolic OH excluding ortho intramolecular Hbond substituents is 1. The maximum Gasteiger partial charge on any atom is 0.294 e. The van der Waals surface area contributed by atoms with E-state index in [2.05, 4.69) is 0 Å². The molecule has 5 heteroatoms. The van der Waals surface area contributed by atoms with Crippen LogP contribution in [0.3, 0.4) is 0 Å². The van der Waals surface area contributed by atoms with Gasteiger partial charge in [-0.05, 0) is 36.2 Å². The number of carbonyl (C=O) groups excluding carboxylic acids is 2. The average Bonchev–Trinajstić information content (AvgIpc) is 2.87. The van der Waals surface area contributed by atoms with Crippen molar-refractivity contribution in [1.82, 2.24) is 0 Å². The molecule has 0 spiro atoms. The van der Waals surface area contributed by atoms with E-state index in [4.69, 9.17) is 0 Å². The fourth-order valence-electron chi connectivity index (χ4n) is 3.13. The number of aryl methyl sites for hydroxylation is 1. The summed E-state index contributed by atoms with van der Waals surface area (Å²) in [7, 11) is 0. The van der Waals surface area contributed by atoms with Gasteiger partial charge < -0.3 is 10.2 Å². The van der Waals surface area contributed by atoms with Crippen LogP contribution >= 0.6 is 0 Å². The van der Waals surface area contributed by atoms with Gasteiger partial charge in [0.05, 0.1) is 11.6 Å². The quantitative estimate of drug-likeness (QED) is 0.894. The Morgan fingerprint density at radius 3 is 2.32 bits per heavy atom. The maximum absolute atomic E-state index is 12.8. The summed E-state index contributed by atoms with van der Waals surface area (Å²) in [6, 6.07) is 12.9. The van der Waals surface area contributed by atoms with Crippen LogP contribution in [-0.2, 0) is 9.59 Å². The van der Waals surface area contributed by atoms with Gasteiger partial charge >= 0.3 is 0 Å². The summed E-state index contributed by atoms with van der Waals surface area (Å²) in [5.74, 6) is -1.29. The Hall–Kier alpha value is -3.08. The van der Waals surface area contributed by atoms with Crippen LogP contribution in [0.2, 0.25) is 0 Å². The Bertz CT molecular complexity index is 868. The van der Waals surface area contributed by atoms with Crippen molar-refractivity contribution in [2.75, 3.05) is 4.90 Å². The average molecular weight is 337 g/mol. The summed E-state index contributed by atoms with van der Waals surface area (Å²) in [5.41, 5.74) is 2.24. The molecular formula is C20H19NO4. The van der Waals surface area contributed by atoms with E-state index in [9.17, 15) is 19.8 Å². The summed E-state index contributed by atoms with van der Waals surface area (Å²) >= 11 is 0. The number of amides is 1. The van der Waals surface area contributed by atoms with Crippen LogP contribution in [0.1, 0.15) is 30.5 Å². The lowest BCUT2D eigenvalue weighted by molar-refractivity contribution is -0.118. The smallest absolute Gasteiger partial charge is 0.294 e. The number of aliphatic hydroxyl groups is 1. The molecule has 0 saturated heterocycles. The van der Waals surface area contributed by atoms with Gasteiger partial charge in [-0.1, -0.05) is 37.3 Å². The van der Waals surface area contributed by atoms with E-state index in [1.807, 2.05) is 19.1 Å². The molecule has 2 aromatic carbocycles. The molecule has 1 heterocycles. The second-order valence-corrected chi connectivity index (χ2v) is 5.99. The Balaban J connectivity index is 2.20. The van der Waals surface area contributed by atoms with Gasteiger partial charge in [0.15, 0.2) is 11.5 Å². The number of para-hydroxylation sites is 1. The van der Waals surface area contributed by atoms with Crippen LogP contribution in [0.4, 0.5) is 5.69 Å². The SMILES string of the molecule is CCC(=O)C1=C(O)C(=O)N(c2ccccc2C)C1c1ccc(O)cc1. The second kappa shape index (κ2) is 6.43. The van der Waals surface area contributed by atoms with Crippen molar-refractivity contribution >= 4 is 17.4 Å². The number of aromatic hydroxyl groups is 1. The highest BCUT2D eigenvalue weighted by molar-refractivity contribution is 6.16. The van der Waals surface area contributed by atoms with Gasteiger partial charge in [0, 0.05) is 12.1 Å². The van der Waals surface area contributed by atoms with E-state index in [-0.39, 0.29) is 23.5 Å². The molecule has 0 radical (unpaired) electrons. The fourth-order valence-corrected chi connectivity index (χ4v) is 3.13. The molecule has 0 bridgehead atoms.